The Labute approximate surface area is 154 Å². The number of amides is 1. The van der Waals surface area contributed by atoms with Gasteiger partial charge in [-0.15, -0.1) is 0 Å². The Bertz CT molecular complexity index is 856. The second-order valence-electron chi connectivity index (χ2n) is 6.73. The fraction of sp³-hybridized carbons (Fsp3) is 0.273. The van der Waals surface area contributed by atoms with Gasteiger partial charge in [-0.2, -0.15) is 0 Å². The molecular weight excluding hydrogens is 322 g/mol. The zero-order valence-electron chi connectivity index (χ0n) is 15.4. The van der Waals surface area contributed by atoms with Gasteiger partial charge >= 0.3 is 0 Å². The number of nitrogens with zero attached hydrogens (tertiary/aromatic N) is 2. The van der Waals surface area contributed by atoms with Crippen molar-refractivity contribution < 1.29 is 4.79 Å². The van der Waals surface area contributed by atoms with Crippen LogP contribution < -0.4 is 5.32 Å². The largest absolute Gasteiger partial charge is 0.324 e. The van der Waals surface area contributed by atoms with Crippen LogP contribution in [0.1, 0.15) is 25.8 Å². The Balaban J connectivity index is 1.61. The molecule has 0 unspecified atom stereocenters. The summed E-state index contributed by atoms with van der Waals surface area (Å²) in [7, 11) is 0. The van der Waals surface area contributed by atoms with E-state index in [1.807, 2.05) is 48.5 Å². The van der Waals surface area contributed by atoms with E-state index in [0.29, 0.717) is 12.5 Å². The summed E-state index contributed by atoms with van der Waals surface area (Å²) in [5.41, 5.74) is 2.86. The number of hydrogen-bond acceptors (Lipinski definition) is 3. The van der Waals surface area contributed by atoms with Crippen molar-refractivity contribution in [2.75, 3.05) is 11.9 Å². The van der Waals surface area contributed by atoms with E-state index in [1.54, 1.807) is 6.20 Å². The molecule has 4 heteroatoms. The lowest BCUT2D eigenvalue weighted by Gasteiger charge is -2.26. The summed E-state index contributed by atoms with van der Waals surface area (Å²) in [6.45, 7) is 5.89. The molecular formula is C22H25N3O. The number of fused-ring (bicyclic) bond motifs is 1. The summed E-state index contributed by atoms with van der Waals surface area (Å²) in [5.74, 6) is 0.0156. The predicted molar refractivity (Wildman–Crippen MR) is 107 cm³/mol. The van der Waals surface area contributed by atoms with E-state index in [-0.39, 0.29) is 5.91 Å². The highest BCUT2D eigenvalue weighted by molar-refractivity contribution is 6.00. The maximum atomic E-state index is 12.5. The molecule has 1 amide bonds. The Morgan fingerprint density at radius 1 is 1.04 bits per heavy atom. The van der Waals surface area contributed by atoms with Crippen LogP contribution >= 0.6 is 0 Å². The van der Waals surface area contributed by atoms with Crippen molar-refractivity contribution in [1.82, 2.24) is 9.88 Å². The highest BCUT2D eigenvalue weighted by Gasteiger charge is 2.13. The van der Waals surface area contributed by atoms with E-state index >= 15 is 0 Å². The van der Waals surface area contributed by atoms with Crippen LogP contribution in [0.15, 0.2) is 66.9 Å². The maximum Gasteiger partial charge on any atom is 0.225 e. The fourth-order valence-electron chi connectivity index (χ4n) is 3.00. The molecule has 4 nitrogen and oxygen atoms in total. The number of carbonyl (C=O) groups excluding carboxylic acids is 1. The SMILES string of the molecule is CC(C)N(CCC(=O)Nc1cccc2cccnc12)Cc1ccccc1. The summed E-state index contributed by atoms with van der Waals surface area (Å²) in [4.78, 5) is 19.2. The Morgan fingerprint density at radius 2 is 1.81 bits per heavy atom. The minimum atomic E-state index is 0.0156. The lowest BCUT2D eigenvalue weighted by atomic mass is 10.1. The highest BCUT2D eigenvalue weighted by atomic mass is 16.1. The molecule has 26 heavy (non-hydrogen) atoms. The first-order valence-electron chi connectivity index (χ1n) is 9.05. The molecule has 0 spiro atoms. The molecule has 2 aromatic carbocycles. The molecule has 0 aliphatic carbocycles. The van der Waals surface area contributed by atoms with Crippen LogP contribution in [0.3, 0.4) is 0 Å². The van der Waals surface area contributed by atoms with E-state index in [9.17, 15) is 4.79 Å². The Kier molecular flexibility index (Phi) is 5.97. The molecule has 3 rings (SSSR count). The van der Waals surface area contributed by atoms with Gasteiger partial charge < -0.3 is 5.32 Å². The third-order valence-corrected chi connectivity index (χ3v) is 4.49. The number of rotatable bonds is 7. The number of carbonyl (C=O) groups is 1. The van der Waals surface area contributed by atoms with Crippen LogP contribution in [0.25, 0.3) is 10.9 Å². The molecule has 134 valence electrons. The van der Waals surface area contributed by atoms with Crippen LogP contribution in [0.2, 0.25) is 0 Å². The minimum Gasteiger partial charge on any atom is -0.324 e. The first-order chi connectivity index (χ1) is 12.6. The zero-order chi connectivity index (χ0) is 18.4. The van der Waals surface area contributed by atoms with Crippen molar-refractivity contribution in [2.24, 2.45) is 0 Å². The lowest BCUT2D eigenvalue weighted by Crippen LogP contribution is -2.33. The van der Waals surface area contributed by atoms with Crippen LogP contribution in [-0.4, -0.2) is 28.4 Å². The van der Waals surface area contributed by atoms with E-state index in [0.717, 1.165) is 29.7 Å². The van der Waals surface area contributed by atoms with Crippen LogP contribution in [-0.2, 0) is 11.3 Å². The van der Waals surface area contributed by atoms with Gasteiger partial charge in [0.25, 0.3) is 0 Å². The molecule has 1 N–H and O–H groups in total. The molecule has 1 aromatic heterocycles. The second kappa shape index (κ2) is 8.59. The number of pyridine rings is 1. The first-order valence-corrected chi connectivity index (χ1v) is 9.05. The van der Waals surface area contributed by atoms with E-state index in [2.05, 4.69) is 41.2 Å². The normalized spacial score (nSPS) is 11.2. The Morgan fingerprint density at radius 3 is 2.58 bits per heavy atom. The summed E-state index contributed by atoms with van der Waals surface area (Å²) in [5, 5.41) is 4.04. The average molecular weight is 347 g/mol. The molecule has 1 heterocycles. The molecule has 0 fully saturated rings. The van der Waals surface area contributed by atoms with E-state index < -0.39 is 0 Å². The lowest BCUT2D eigenvalue weighted by molar-refractivity contribution is -0.116. The van der Waals surface area contributed by atoms with Crippen molar-refractivity contribution in [3.8, 4) is 0 Å². The summed E-state index contributed by atoms with van der Waals surface area (Å²) < 4.78 is 0. The number of aromatic nitrogens is 1. The average Bonchev–Trinajstić information content (AvgIpc) is 2.66. The first kappa shape index (κ1) is 18.1. The van der Waals surface area contributed by atoms with Gasteiger partial charge in [0.1, 0.15) is 0 Å². The third-order valence-electron chi connectivity index (χ3n) is 4.49. The van der Waals surface area contributed by atoms with Gasteiger partial charge in [-0.3, -0.25) is 14.7 Å². The zero-order valence-corrected chi connectivity index (χ0v) is 15.4. The quantitative estimate of drug-likeness (QED) is 0.686. The van der Waals surface area contributed by atoms with Crippen molar-refractivity contribution >= 4 is 22.5 Å². The van der Waals surface area contributed by atoms with Crippen LogP contribution in [0, 0.1) is 0 Å². The van der Waals surface area contributed by atoms with Gasteiger partial charge in [0, 0.05) is 37.1 Å². The number of para-hydroxylation sites is 1. The predicted octanol–water partition coefficient (Wildman–Crippen LogP) is 4.47. The molecule has 0 aliphatic rings. The van der Waals surface area contributed by atoms with Gasteiger partial charge in [0.2, 0.25) is 5.91 Å². The highest BCUT2D eigenvalue weighted by Crippen LogP contribution is 2.20. The number of benzene rings is 2. The minimum absolute atomic E-state index is 0.0156. The Hall–Kier alpha value is -2.72. The van der Waals surface area contributed by atoms with Gasteiger partial charge in [-0.1, -0.05) is 48.5 Å². The molecule has 0 saturated heterocycles. The van der Waals surface area contributed by atoms with Gasteiger partial charge in [0.05, 0.1) is 11.2 Å². The molecule has 0 aliphatic heterocycles. The topological polar surface area (TPSA) is 45.2 Å². The number of hydrogen-bond donors (Lipinski definition) is 1. The van der Waals surface area contributed by atoms with Crippen molar-refractivity contribution in [3.63, 3.8) is 0 Å². The molecule has 0 atom stereocenters. The van der Waals surface area contributed by atoms with E-state index in [4.69, 9.17) is 0 Å². The summed E-state index contributed by atoms with van der Waals surface area (Å²) in [6, 6.07) is 20.5. The fourth-order valence-corrected chi connectivity index (χ4v) is 3.00. The molecule has 0 saturated carbocycles. The standard InChI is InChI=1S/C22H25N3O/c1-17(2)25(16-18-8-4-3-5-9-18)15-13-21(26)24-20-12-6-10-19-11-7-14-23-22(19)20/h3-12,14,17H,13,15-16H2,1-2H3,(H,24,26). The van der Waals surface area contributed by atoms with Crippen LogP contribution in [0.5, 0.6) is 0 Å². The summed E-state index contributed by atoms with van der Waals surface area (Å²) >= 11 is 0. The molecule has 3 aromatic rings. The second-order valence-corrected chi connectivity index (χ2v) is 6.73. The maximum absolute atomic E-state index is 12.5. The van der Waals surface area contributed by atoms with Crippen LogP contribution in [0.4, 0.5) is 5.69 Å². The third kappa shape index (κ3) is 4.67. The van der Waals surface area contributed by atoms with Crippen molar-refractivity contribution in [2.45, 2.75) is 32.9 Å². The van der Waals surface area contributed by atoms with Gasteiger partial charge in [-0.05, 0) is 31.5 Å². The number of anilines is 1. The molecule has 0 bridgehead atoms. The smallest absolute Gasteiger partial charge is 0.225 e. The van der Waals surface area contributed by atoms with Crippen molar-refractivity contribution in [1.29, 1.82) is 0 Å². The number of nitrogens with one attached hydrogen (secondary N) is 1. The monoisotopic (exact) mass is 347 g/mol. The van der Waals surface area contributed by atoms with Gasteiger partial charge in [-0.25, -0.2) is 0 Å². The molecule has 0 radical (unpaired) electrons. The van der Waals surface area contributed by atoms with E-state index in [1.165, 1.54) is 5.56 Å². The van der Waals surface area contributed by atoms with Crippen molar-refractivity contribution in [3.05, 3.63) is 72.4 Å². The van der Waals surface area contributed by atoms with Gasteiger partial charge in [0.15, 0.2) is 0 Å². The summed E-state index contributed by atoms with van der Waals surface area (Å²) in [6.07, 6.45) is 2.20.